The van der Waals surface area contributed by atoms with Crippen molar-refractivity contribution in [2.75, 3.05) is 27.2 Å². The predicted octanol–water partition coefficient (Wildman–Crippen LogP) is 5.19. The fourth-order valence-electron chi connectivity index (χ4n) is 4.52. The fraction of sp³-hybridized carbons (Fsp3) is 0.300. The molecule has 0 saturated carbocycles. The number of nitrogens with zero attached hydrogens (tertiary/aromatic N) is 4. The summed E-state index contributed by atoms with van der Waals surface area (Å²) >= 11 is 0. The SMILES string of the molecule is CCC(c1nc2cc(F)c(F)cc2c(=O)n1Cc1ccccc1)N(CCN(C)C)C(=O)c1ccc(C)cc1. The van der Waals surface area contributed by atoms with Gasteiger partial charge in [-0.25, -0.2) is 13.8 Å². The van der Waals surface area contributed by atoms with Crippen molar-refractivity contribution in [1.82, 2.24) is 19.4 Å². The number of aromatic nitrogens is 2. The molecule has 6 nitrogen and oxygen atoms in total. The number of rotatable bonds is 9. The van der Waals surface area contributed by atoms with E-state index in [0.717, 1.165) is 23.3 Å². The van der Waals surface area contributed by atoms with Crippen LogP contribution in [0.4, 0.5) is 8.78 Å². The predicted molar refractivity (Wildman–Crippen MR) is 145 cm³/mol. The monoisotopic (exact) mass is 518 g/mol. The van der Waals surface area contributed by atoms with Crippen LogP contribution < -0.4 is 5.56 Å². The van der Waals surface area contributed by atoms with Crippen molar-refractivity contribution in [2.45, 2.75) is 32.9 Å². The summed E-state index contributed by atoms with van der Waals surface area (Å²) in [5.41, 5.74) is 1.98. The highest BCUT2D eigenvalue weighted by molar-refractivity contribution is 5.94. The normalized spacial score (nSPS) is 12.2. The smallest absolute Gasteiger partial charge is 0.261 e. The molecule has 1 unspecified atom stereocenters. The van der Waals surface area contributed by atoms with Crippen LogP contribution in [0.25, 0.3) is 10.9 Å². The Balaban J connectivity index is 1.91. The van der Waals surface area contributed by atoms with Crippen LogP contribution in [0.15, 0.2) is 71.5 Å². The van der Waals surface area contributed by atoms with Gasteiger partial charge in [-0.05, 0) is 51.2 Å². The first-order valence-electron chi connectivity index (χ1n) is 12.6. The Morgan fingerprint density at radius 1 is 0.974 bits per heavy atom. The summed E-state index contributed by atoms with van der Waals surface area (Å²) in [5.74, 6) is -2.04. The third-order valence-corrected chi connectivity index (χ3v) is 6.62. The van der Waals surface area contributed by atoms with E-state index in [2.05, 4.69) is 0 Å². The van der Waals surface area contributed by atoms with Crippen LogP contribution in [-0.4, -0.2) is 52.4 Å². The van der Waals surface area contributed by atoms with Crippen molar-refractivity contribution in [3.8, 4) is 0 Å². The number of aryl methyl sites for hydroxylation is 1. The molecule has 1 amide bonds. The van der Waals surface area contributed by atoms with Gasteiger partial charge >= 0.3 is 0 Å². The molecule has 4 rings (SSSR count). The molecule has 38 heavy (non-hydrogen) atoms. The van der Waals surface area contributed by atoms with Gasteiger partial charge in [0.1, 0.15) is 5.82 Å². The second kappa shape index (κ2) is 11.6. The molecule has 198 valence electrons. The van der Waals surface area contributed by atoms with Crippen LogP contribution in [-0.2, 0) is 6.54 Å². The van der Waals surface area contributed by atoms with E-state index in [-0.39, 0.29) is 23.4 Å². The van der Waals surface area contributed by atoms with Gasteiger partial charge in [-0.3, -0.25) is 14.2 Å². The number of carbonyl (C=O) groups excluding carboxylic acids is 1. The Hall–Kier alpha value is -3.91. The zero-order chi connectivity index (χ0) is 27.4. The quantitative estimate of drug-likeness (QED) is 0.306. The van der Waals surface area contributed by atoms with Gasteiger partial charge in [-0.1, -0.05) is 55.0 Å². The second-order valence-electron chi connectivity index (χ2n) is 9.72. The van der Waals surface area contributed by atoms with Crippen LogP contribution in [0.2, 0.25) is 0 Å². The van der Waals surface area contributed by atoms with Crippen LogP contribution in [0.5, 0.6) is 0 Å². The van der Waals surface area contributed by atoms with Crippen molar-refractivity contribution in [3.05, 3.63) is 111 Å². The Morgan fingerprint density at radius 3 is 2.26 bits per heavy atom. The van der Waals surface area contributed by atoms with E-state index >= 15 is 0 Å². The molecule has 1 heterocycles. The Morgan fingerprint density at radius 2 is 1.63 bits per heavy atom. The minimum absolute atomic E-state index is 0.0110. The van der Waals surface area contributed by atoms with Gasteiger partial charge in [0.05, 0.1) is 23.5 Å². The lowest BCUT2D eigenvalue weighted by Crippen LogP contribution is -2.42. The van der Waals surface area contributed by atoms with E-state index in [1.807, 2.05) is 75.3 Å². The minimum Gasteiger partial charge on any atom is -0.327 e. The molecule has 3 aromatic carbocycles. The van der Waals surface area contributed by atoms with E-state index in [0.29, 0.717) is 30.9 Å². The first kappa shape index (κ1) is 27.1. The lowest BCUT2D eigenvalue weighted by Gasteiger charge is -2.33. The van der Waals surface area contributed by atoms with Crippen molar-refractivity contribution in [3.63, 3.8) is 0 Å². The largest absolute Gasteiger partial charge is 0.327 e. The lowest BCUT2D eigenvalue weighted by molar-refractivity contribution is 0.0642. The molecule has 0 saturated heterocycles. The van der Waals surface area contributed by atoms with E-state index in [9.17, 15) is 18.4 Å². The van der Waals surface area contributed by atoms with Gasteiger partial charge in [-0.15, -0.1) is 0 Å². The zero-order valence-electron chi connectivity index (χ0n) is 22.1. The minimum atomic E-state index is -1.11. The van der Waals surface area contributed by atoms with Crippen LogP contribution in [0.1, 0.15) is 46.7 Å². The first-order chi connectivity index (χ1) is 18.2. The molecule has 0 radical (unpaired) electrons. The summed E-state index contributed by atoms with van der Waals surface area (Å²) in [5, 5.41) is -0.0110. The first-order valence-corrected chi connectivity index (χ1v) is 12.6. The summed E-state index contributed by atoms with van der Waals surface area (Å²) in [6, 6.07) is 18.0. The van der Waals surface area contributed by atoms with E-state index in [1.54, 1.807) is 17.0 Å². The summed E-state index contributed by atoms with van der Waals surface area (Å²) in [4.78, 5) is 36.0. The van der Waals surface area contributed by atoms with Crippen LogP contribution in [0.3, 0.4) is 0 Å². The third-order valence-electron chi connectivity index (χ3n) is 6.62. The molecule has 0 aliphatic carbocycles. The van der Waals surface area contributed by atoms with E-state index < -0.39 is 23.2 Å². The van der Waals surface area contributed by atoms with Gasteiger partial charge < -0.3 is 9.80 Å². The topological polar surface area (TPSA) is 58.4 Å². The van der Waals surface area contributed by atoms with Crippen LogP contribution in [0, 0.1) is 18.6 Å². The van der Waals surface area contributed by atoms with Crippen molar-refractivity contribution in [1.29, 1.82) is 0 Å². The zero-order valence-corrected chi connectivity index (χ0v) is 22.1. The highest BCUT2D eigenvalue weighted by Crippen LogP contribution is 2.27. The standard InChI is InChI=1S/C30H32F2N4O2/c1-5-27(35(16-15-34(3)4)29(37)22-13-11-20(2)12-14-22)28-33-26-18-25(32)24(31)17-23(26)30(38)36(28)19-21-9-7-6-8-10-21/h6-14,17-18,27H,5,15-16,19H2,1-4H3. The highest BCUT2D eigenvalue weighted by Gasteiger charge is 2.29. The Kier molecular flexibility index (Phi) is 8.32. The summed E-state index contributed by atoms with van der Waals surface area (Å²) in [6.07, 6.45) is 0.460. The molecule has 0 N–H and O–H groups in total. The Labute approximate surface area is 221 Å². The summed E-state index contributed by atoms with van der Waals surface area (Å²) in [6.45, 7) is 5.02. The molecule has 0 fully saturated rings. The molecule has 0 bridgehead atoms. The average Bonchev–Trinajstić information content (AvgIpc) is 2.90. The summed E-state index contributed by atoms with van der Waals surface area (Å²) < 4.78 is 29.8. The molecular weight excluding hydrogens is 486 g/mol. The molecule has 0 aliphatic rings. The number of amides is 1. The highest BCUT2D eigenvalue weighted by atomic mass is 19.2. The van der Waals surface area contributed by atoms with Gasteiger partial charge in [0.2, 0.25) is 0 Å². The van der Waals surface area contributed by atoms with Gasteiger partial charge in [0, 0.05) is 24.7 Å². The van der Waals surface area contributed by atoms with Gasteiger partial charge in [0.15, 0.2) is 11.6 Å². The maximum Gasteiger partial charge on any atom is 0.261 e. The number of hydrogen-bond donors (Lipinski definition) is 0. The van der Waals surface area contributed by atoms with Crippen molar-refractivity contribution >= 4 is 16.8 Å². The number of fused-ring (bicyclic) bond motifs is 1. The fourth-order valence-corrected chi connectivity index (χ4v) is 4.52. The van der Waals surface area contributed by atoms with E-state index in [1.165, 1.54) is 4.57 Å². The van der Waals surface area contributed by atoms with Crippen LogP contribution >= 0.6 is 0 Å². The molecule has 0 aliphatic heterocycles. The number of carbonyl (C=O) groups is 1. The second-order valence-corrected chi connectivity index (χ2v) is 9.72. The number of likely N-dealkylation sites (N-methyl/N-ethyl adjacent to an activating group) is 1. The van der Waals surface area contributed by atoms with Crippen molar-refractivity contribution in [2.24, 2.45) is 0 Å². The maximum absolute atomic E-state index is 14.2. The number of halogens is 2. The van der Waals surface area contributed by atoms with Gasteiger partial charge in [-0.2, -0.15) is 0 Å². The Bertz CT molecular complexity index is 1480. The van der Waals surface area contributed by atoms with Crippen molar-refractivity contribution < 1.29 is 13.6 Å². The molecule has 1 aromatic heterocycles. The molecule has 0 spiro atoms. The summed E-state index contributed by atoms with van der Waals surface area (Å²) in [7, 11) is 3.85. The average molecular weight is 519 g/mol. The van der Waals surface area contributed by atoms with Gasteiger partial charge in [0.25, 0.3) is 11.5 Å². The molecule has 8 heteroatoms. The lowest BCUT2D eigenvalue weighted by atomic mass is 10.1. The number of benzene rings is 3. The molecule has 1 atom stereocenters. The van der Waals surface area contributed by atoms with E-state index in [4.69, 9.17) is 4.98 Å². The number of hydrogen-bond acceptors (Lipinski definition) is 4. The molecule has 4 aromatic rings. The third kappa shape index (κ3) is 5.81. The molecular formula is C30H32F2N4O2. The maximum atomic E-state index is 14.2.